The van der Waals surface area contributed by atoms with Crippen molar-refractivity contribution in [1.82, 2.24) is 15.3 Å². The van der Waals surface area contributed by atoms with Gasteiger partial charge in [-0.15, -0.1) is 6.58 Å². The maximum Gasteiger partial charge on any atom is 0.267 e. The Balaban J connectivity index is -0.000000807. The smallest absolute Gasteiger partial charge is 0.267 e. The number of nitrogens with zero attached hydrogens (tertiary/aromatic N) is 2. The van der Waals surface area contributed by atoms with E-state index in [0.29, 0.717) is 34.0 Å². The van der Waals surface area contributed by atoms with Crippen LogP contribution in [0.15, 0.2) is 86.8 Å². The van der Waals surface area contributed by atoms with Gasteiger partial charge >= 0.3 is 0 Å². The van der Waals surface area contributed by atoms with E-state index in [2.05, 4.69) is 41.1 Å². The van der Waals surface area contributed by atoms with Crippen LogP contribution in [0.5, 0.6) is 0 Å². The minimum atomic E-state index is -0.259. The Morgan fingerprint density at radius 3 is 2.18 bits per heavy atom. The summed E-state index contributed by atoms with van der Waals surface area (Å²) in [6.45, 7) is 20.3. The number of H-pyrrole nitrogens is 1. The van der Waals surface area contributed by atoms with Crippen LogP contribution in [-0.4, -0.2) is 28.1 Å². The fourth-order valence-electron chi connectivity index (χ4n) is 2.36. The molecule has 0 atom stereocenters. The quantitative estimate of drug-likeness (QED) is 0.166. The Morgan fingerprint density at radius 1 is 1.11 bits per heavy atom. The fourth-order valence-corrected chi connectivity index (χ4v) is 2.73. The number of carbonyl (C=O) groups is 1. The third kappa shape index (κ3) is 16.2. The van der Waals surface area contributed by atoms with Crippen LogP contribution in [0.3, 0.4) is 0 Å². The number of allylic oxidation sites excluding steroid dienone is 3. The van der Waals surface area contributed by atoms with Gasteiger partial charge in [-0.25, -0.2) is 4.98 Å². The Hall–Kier alpha value is -3.63. The number of aromatic amines is 1. The Bertz CT molecular complexity index is 1110. The molecule has 0 aliphatic heterocycles. The second-order valence-corrected chi connectivity index (χ2v) is 6.98. The molecule has 2 aromatic heterocycles. The SMILES string of the molecule is C=CC.C=CC=C.CC.CC.CO.N#Cc1cnc(Cl)cc1-c1c[nH]c(C(=O)NCc2cccc(Cl)c2)c1. The fraction of sp³-hybridized carbons (Fsp3) is 0.233. The highest BCUT2D eigenvalue weighted by Gasteiger charge is 2.13. The number of rotatable bonds is 5. The van der Waals surface area contributed by atoms with Crippen LogP contribution < -0.4 is 5.32 Å². The highest BCUT2D eigenvalue weighted by atomic mass is 35.5. The molecule has 0 fully saturated rings. The first-order valence-electron chi connectivity index (χ1n) is 11.9. The summed E-state index contributed by atoms with van der Waals surface area (Å²) in [4.78, 5) is 19.1. The summed E-state index contributed by atoms with van der Waals surface area (Å²) in [6, 6.07) is 12.6. The molecule has 8 heteroatoms. The van der Waals surface area contributed by atoms with Gasteiger partial charge in [0, 0.05) is 42.2 Å². The molecule has 0 aliphatic carbocycles. The van der Waals surface area contributed by atoms with Gasteiger partial charge in [0.25, 0.3) is 5.91 Å². The Kier molecular flexibility index (Phi) is 27.1. The van der Waals surface area contributed by atoms with E-state index in [9.17, 15) is 10.1 Å². The number of nitrogens with one attached hydrogen (secondary N) is 2. The average molecular weight is 560 g/mol. The second-order valence-electron chi connectivity index (χ2n) is 6.16. The minimum Gasteiger partial charge on any atom is -0.400 e. The molecule has 1 amide bonds. The van der Waals surface area contributed by atoms with Crippen LogP contribution >= 0.6 is 23.2 Å². The summed E-state index contributed by atoms with van der Waals surface area (Å²) < 4.78 is 0. The molecule has 1 aromatic carbocycles. The maximum atomic E-state index is 12.3. The zero-order valence-corrected chi connectivity index (χ0v) is 24.7. The van der Waals surface area contributed by atoms with Crippen molar-refractivity contribution in [1.29, 1.82) is 5.26 Å². The molecule has 0 unspecified atom stereocenters. The topological polar surface area (TPSA) is 102 Å². The van der Waals surface area contributed by atoms with Crippen molar-refractivity contribution < 1.29 is 9.90 Å². The summed E-state index contributed by atoms with van der Waals surface area (Å²) in [5, 5.41) is 19.9. The second kappa shape index (κ2) is 26.4. The minimum absolute atomic E-state index is 0.259. The van der Waals surface area contributed by atoms with Crippen molar-refractivity contribution in [2.24, 2.45) is 0 Å². The lowest BCUT2D eigenvalue weighted by Gasteiger charge is -2.04. The van der Waals surface area contributed by atoms with E-state index in [-0.39, 0.29) is 11.1 Å². The van der Waals surface area contributed by atoms with E-state index in [0.717, 1.165) is 12.7 Å². The zero-order valence-electron chi connectivity index (χ0n) is 23.2. The molecule has 38 heavy (non-hydrogen) atoms. The van der Waals surface area contributed by atoms with Crippen LogP contribution in [0, 0.1) is 11.3 Å². The summed E-state index contributed by atoms with van der Waals surface area (Å²) in [5.41, 5.74) is 2.98. The van der Waals surface area contributed by atoms with E-state index in [1.165, 1.54) is 6.20 Å². The van der Waals surface area contributed by atoms with Crippen molar-refractivity contribution in [2.45, 2.75) is 41.2 Å². The molecule has 0 spiro atoms. The maximum absolute atomic E-state index is 12.3. The molecule has 0 aliphatic rings. The molecule has 6 nitrogen and oxygen atoms in total. The number of nitriles is 1. The number of hydrogen-bond donors (Lipinski definition) is 3. The first kappa shape index (κ1) is 38.9. The number of amides is 1. The van der Waals surface area contributed by atoms with Crippen LogP contribution in [0.2, 0.25) is 10.2 Å². The van der Waals surface area contributed by atoms with Crippen molar-refractivity contribution >= 4 is 29.1 Å². The summed E-state index contributed by atoms with van der Waals surface area (Å²) in [7, 11) is 1.00. The molecule has 3 rings (SSSR count). The molecule has 0 saturated heterocycles. The monoisotopic (exact) mass is 558 g/mol. The number of aromatic nitrogens is 2. The number of aliphatic hydroxyl groups is 1. The van der Waals surface area contributed by atoms with Crippen LogP contribution in [-0.2, 0) is 6.54 Å². The van der Waals surface area contributed by atoms with Crippen LogP contribution in [0.1, 0.15) is 56.2 Å². The zero-order chi connectivity index (χ0) is 29.9. The average Bonchev–Trinajstić information content (AvgIpc) is 3.46. The molecular formula is C30H40Cl2N4O2. The molecule has 2 heterocycles. The molecule has 0 saturated carbocycles. The molecule has 0 radical (unpaired) electrons. The van der Waals surface area contributed by atoms with Gasteiger partial charge in [0.15, 0.2) is 0 Å². The predicted molar refractivity (Wildman–Crippen MR) is 163 cm³/mol. The lowest BCUT2D eigenvalue weighted by molar-refractivity contribution is 0.0946. The van der Waals surface area contributed by atoms with Crippen LogP contribution in [0.25, 0.3) is 11.1 Å². The molecule has 206 valence electrons. The molecular weight excluding hydrogens is 519 g/mol. The highest BCUT2D eigenvalue weighted by molar-refractivity contribution is 6.30. The number of pyridine rings is 1. The predicted octanol–water partition coefficient (Wildman–Crippen LogP) is 8.40. The van der Waals surface area contributed by atoms with Gasteiger partial charge < -0.3 is 15.4 Å². The number of carbonyl (C=O) groups excluding carboxylic acids is 1. The van der Waals surface area contributed by atoms with Gasteiger partial charge in [0.05, 0.1) is 5.56 Å². The van der Waals surface area contributed by atoms with Gasteiger partial charge in [-0.3, -0.25) is 4.79 Å². The van der Waals surface area contributed by atoms with E-state index >= 15 is 0 Å². The molecule has 3 N–H and O–H groups in total. The molecule has 3 aromatic rings. The van der Waals surface area contributed by atoms with Gasteiger partial charge in [-0.05, 0) is 36.8 Å². The first-order valence-corrected chi connectivity index (χ1v) is 12.7. The van der Waals surface area contributed by atoms with Crippen molar-refractivity contribution in [3.8, 4) is 17.2 Å². The van der Waals surface area contributed by atoms with Crippen LogP contribution in [0.4, 0.5) is 0 Å². The van der Waals surface area contributed by atoms with Gasteiger partial charge in [0.2, 0.25) is 0 Å². The number of hydrogen-bond acceptors (Lipinski definition) is 4. The number of aliphatic hydroxyl groups excluding tert-OH is 1. The van der Waals surface area contributed by atoms with E-state index in [1.54, 1.807) is 48.7 Å². The normalized spacial score (nSPS) is 8.11. The van der Waals surface area contributed by atoms with Crippen molar-refractivity contribution in [2.75, 3.05) is 7.11 Å². The van der Waals surface area contributed by atoms with Crippen molar-refractivity contribution in [3.05, 3.63) is 114 Å². The van der Waals surface area contributed by atoms with Gasteiger partial charge in [-0.2, -0.15) is 5.26 Å². The van der Waals surface area contributed by atoms with E-state index in [1.807, 2.05) is 46.8 Å². The Labute approximate surface area is 238 Å². The van der Waals surface area contributed by atoms with E-state index < -0.39 is 0 Å². The van der Waals surface area contributed by atoms with E-state index in [4.69, 9.17) is 28.3 Å². The Morgan fingerprint density at radius 2 is 1.68 bits per heavy atom. The summed E-state index contributed by atoms with van der Waals surface area (Å²) in [5.74, 6) is -0.259. The van der Waals surface area contributed by atoms with Gasteiger partial charge in [-0.1, -0.05) is 94.4 Å². The third-order valence-electron chi connectivity index (χ3n) is 3.74. The lowest BCUT2D eigenvalue weighted by atomic mass is 10.1. The molecule has 0 bridgehead atoms. The third-order valence-corrected chi connectivity index (χ3v) is 4.18. The van der Waals surface area contributed by atoms with Crippen molar-refractivity contribution in [3.63, 3.8) is 0 Å². The first-order chi connectivity index (χ1) is 18.4. The summed E-state index contributed by atoms with van der Waals surface area (Å²) >= 11 is 11.8. The lowest BCUT2D eigenvalue weighted by Crippen LogP contribution is -2.22. The standard InChI is InChI=1S/C18H12Cl2N4O.C4H6.C3H6.2C2H6.CH4O/c19-14-3-1-2-11(4-14)8-24-18(25)16-5-12(9-22-16)15-6-17(20)23-10-13(15)7-21;1-3-4-2;1-3-2;3*1-2/h1-6,9-10,22H,8H2,(H,24,25);3-4H,1-2H2;3H,1H2,2H3;2*1-2H3;2H,1H3. The number of benzene rings is 1. The largest absolute Gasteiger partial charge is 0.400 e. The number of halogens is 2. The summed E-state index contributed by atoms with van der Waals surface area (Å²) in [6.07, 6.45) is 8.09. The van der Waals surface area contributed by atoms with Gasteiger partial charge in [0.1, 0.15) is 16.9 Å². The highest BCUT2D eigenvalue weighted by Crippen LogP contribution is 2.26.